The number of rotatable bonds is 3. The van der Waals surface area contributed by atoms with Crippen molar-refractivity contribution < 1.29 is 4.79 Å². The summed E-state index contributed by atoms with van der Waals surface area (Å²) in [5.74, 6) is 0.207. The van der Waals surface area contributed by atoms with Gasteiger partial charge in [-0.15, -0.1) is 11.3 Å². The van der Waals surface area contributed by atoms with E-state index in [0.717, 1.165) is 10.6 Å². The van der Waals surface area contributed by atoms with Crippen molar-refractivity contribution in [2.45, 2.75) is 13.5 Å². The summed E-state index contributed by atoms with van der Waals surface area (Å²) in [5, 5.41) is 0. The standard InChI is InChI=1S/C12H14N4OS/c1-8-10(18-7-14-8)6-16(2)12(17)9-4-3-5-11(13)15-9/h3-5,7H,6H2,1-2H3,(H2,13,15). The van der Waals surface area contributed by atoms with E-state index in [1.54, 1.807) is 47.0 Å². The topological polar surface area (TPSA) is 72.1 Å². The predicted molar refractivity (Wildman–Crippen MR) is 71.3 cm³/mol. The van der Waals surface area contributed by atoms with Crippen LogP contribution >= 0.6 is 11.3 Å². The second-order valence-corrected chi connectivity index (χ2v) is 4.91. The number of anilines is 1. The first-order chi connectivity index (χ1) is 8.58. The van der Waals surface area contributed by atoms with Gasteiger partial charge in [0.1, 0.15) is 11.5 Å². The van der Waals surface area contributed by atoms with E-state index in [9.17, 15) is 4.79 Å². The molecule has 0 saturated carbocycles. The minimum Gasteiger partial charge on any atom is -0.384 e. The van der Waals surface area contributed by atoms with Gasteiger partial charge in [0.25, 0.3) is 5.91 Å². The SMILES string of the molecule is Cc1ncsc1CN(C)C(=O)c1cccc(N)n1. The number of carbonyl (C=O) groups is 1. The summed E-state index contributed by atoms with van der Waals surface area (Å²) in [5.41, 5.74) is 8.67. The Morgan fingerprint density at radius 1 is 1.50 bits per heavy atom. The number of carbonyl (C=O) groups excluding carboxylic acids is 1. The zero-order valence-corrected chi connectivity index (χ0v) is 11.1. The number of aryl methyl sites for hydroxylation is 1. The Labute approximate surface area is 109 Å². The molecule has 0 aromatic carbocycles. The Morgan fingerprint density at radius 3 is 2.89 bits per heavy atom. The van der Waals surface area contributed by atoms with E-state index < -0.39 is 0 Å². The molecule has 2 aromatic rings. The van der Waals surface area contributed by atoms with Crippen LogP contribution in [-0.2, 0) is 6.54 Å². The van der Waals surface area contributed by atoms with E-state index in [2.05, 4.69) is 9.97 Å². The van der Waals surface area contributed by atoms with Crippen molar-refractivity contribution in [2.75, 3.05) is 12.8 Å². The molecule has 0 aliphatic rings. The normalized spacial score (nSPS) is 10.3. The van der Waals surface area contributed by atoms with Crippen LogP contribution in [0.3, 0.4) is 0 Å². The molecular weight excluding hydrogens is 248 g/mol. The average molecular weight is 262 g/mol. The monoisotopic (exact) mass is 262 g/mol. The van der Waals surface area contributed by atoms with E-state index in [1.165, 1.54) is 0 Å². The van der Waals surface area contributed by atoms with Gasteiger partial charge < -0.3 is 10.6 Å². The van der Waals surface area contributed by atoms with Gasteiger partial charge in [0.2, 0.25) is 0 Å². The van der Waals surface area contributed by atoms with E-state index >= 15 is 0 Å². The first-order valence-corrected chi connectivity index (χ1v) is 6.33. The fourth-order valence-electron chi connectivity index (χ4n) is 1.53. The van der Waals surface area contributed by atoms with Gasteiger partial charge in [-0.1, -0.05) is 6.07 Å². The third-order valence-corrected chi connectivity index (χ3v) is 3.48. The lowest BCUT2D eigenvalue weighted by atomic mass is 10.3. The van der Waals surface area contributed by atoms with Crippen LogP contribution in [0.4, 0.5) is 5.82 Å². The van der Waals surface area contributed by atoms with Crippen molar-refractivity contribution in [1.82, 2.24) is 14.9 Å². The third kappa shape index (κ3) is 2.65. The van der Waals surface area contributed by atoms with E-state index in [0.29, 0.717) is 18.1 Å². The molecule has 0 aliphatic carbocycles. The van der Waals surface area contributed by atoms with Gasteiger partial charge in [0.15, 0.2) is 0 Å². The lowest BCUT2D eigenvalue weighted by molar-refractivity contribution is 0.0780. The molecule has 6 heteroatoms. The molecule has 5 nitrogen and oxygen atoms in total. The van der Waals surface area contributed by atoms with Gasteiger partial charge in [-0.25, -0.2) is 9.97 Å². The highest BCUT2D eigenvalue weighted by molar-refractivity contribution is 7.09. The quantitative estimate of drug-likeness (QED) is 0.913. The van der Waals surface area contributed by atoms with Crippen molar-refractivity contribution in [1.29, 1.82) is 0 Å². The molecule has 0 saturated heterocycles. The van der Waals surface area contributed by atoms with Crippen molar-refractivity contribution in [3.05, 3.63) is 40.0 Å². The summed E-state index contributed by atoms with van der Waals surface area (Å²) in [6.45, 7) is 2.47. The van der Waals surface area contributed by atoms with Gasteiger partial charge >= 0.3 is 0 Å². The molecule has 0 fully saturated rings. The molecule has 2 N–H and O–H groups in total. The Morgan fingerprint density at radius 2 is 2.28 bits per heavy atom. The minimum atomic E-state index is -0.143. The number of thiazole rings is 1. The highest BCUT2D eigenvalue weighted by atomic mass is 32.1. The number of aromatic nitrogens is 2. The number of nitrogen functional groups attached to an aromatic ring is 1. The molecule has 0 radical (unpaired) electrons. The maximum Gasteiger partial charge on any atom is 0.272 e. The lowest BCUT2D eigenvalue weighted by Crippen LogP contribution is -2.27. The van der Waals surface area contributed by atoms with E-state index in [4.69, 9.17) is 5.73 Å². The van der Waals surface area contributed by atoms with Gasteiger partial charge in [0, 0.05) is 11.9 Å². The number of nitrogens with two attached hydrogens (primary N) is 1. The maximum atomic E-state index is 12.1. The van der Waals surface area contributed by atoms with Crippen LogP contribution in [0.25, 0.3) is 0 Å². The van der Waals surface area contributed by atoms with Crippen LogP contribution < -0.4 is 5.73 Å². The van der Waals surface area contributed by atoms with Crippen LogP contribution in [-0.4, -0.2) is 27.8 Å². The molecule has 1 amide bonds. The Balaban J connectivity index is 2.12. The van der Waals surface area contributed by atoms with E-state index in [-0.39, 0.29) is 5.91 Å². The minimum absolute atomic E-state index is 0.143. The number of amides is 1. The van der Waals surface area contributed by atoms with Gasteiger partial charge in [-0.3, -0.25) is 4.79 Å². The zero-order chi connectivity index (χ0) is 13.1. The van der Waals surface area contributed by atoms with Gasteiger partial charge in [-0.2, -0.15) is 0 Å². The van der Waals surface area contributed by atoms with Crippen LogP contribution in [0.5, 0.6) is 0 Å². The smallest absolute Gasteiger partial charge is 0.272 e. The maximum absolute atomic E-state index is 12.1. The first kappa shape index (κ1) is 12.5. The Bertz CT molecular complexity index is 567. The second-order valence-electron chi connectivity index (χ2n) is 3.97. The summed E-state index contributed by atoms with van der Waals surface area (Å²) in [6, 6.07) is 5.04. The third-order valence-electron chi connectivity index (χ3n) is 2.56. The summed E-state index contributed by atoms with van der Waals surface area (Å²) in [7, 11) is 1.74. The van der Waals surface area contributed by atoms with Crippen molar-refractivity contribution in [3.63, 3.8) is 0 Å². The van der Waals surface area contributed by atoms with Crippen LogP contribution in [0.15, 0.2) is 23.7 Å². The molecule has 0 bridgehead atoms. The van der Waals surface area contributed by atoms with Crippen molar-refractivity contribution in [2.24, 2.45) is 0 Å². The highest BCUT2D eigenvalue weighted by Gasteiger charge is 2.15. The molecular formula is C12H14N4OS. The zero-order valence-electron chi connectivity index (χ0n) is 10.3. The molecule has 2 heterocycles. The predicted octanol–water partition coefficient (Wildman–Crippen LogP) is 1.70. The molecule has 2 aromatic heterocycles. The highest BCUT2D eigenvalue weighted by Crippen LogP contribution is 2.15. The van der Waals surface area contributed by atoms with Gasteiger partial charge in [-0.05, 0) is 19.1 Å². The van der Waals surface area contributed by atoms with Gasteiger partial charge in [0.05, 0.1) is 17.7 Å². The van der Waals surface area contributed by atoms with Crippen molar-refractivity contribution in [3.8, 4) is 0 Å². The fraction of sp³-hybridized carbons (Fsp3) is 0.250. The molecule has 94 valence electrons. The molecule has 18 heavy (non-hydrogen) atoms. The summed E-state index contributed by atoms with van der Waals surface area (Å²) < 4.78 is 0. The first-order valence-electron chi connectivity index (χ1n) is 5.45. The Hall–Kier alpha value is -1.95. The summed E-state index contributed by atoms with van der Waals surface area (Å²) in [6.07, 6.45) is 0. The van der Waals surface area contributed by atoms with Crippen LogP contribution in [0.1, 0.15) is 21.1 Å². The molecule has 0 unspecified atom stereocenters. The molecule has 0 spiro atoms. The second kappa shape index (κ2) is 5.14. The number of hydrogen-bond donors (Lipinski definition) is 1. The van der Waals surface area contributed by atoms with E-state index in [1.807, 2.05) is 6.92 Å². The largest absolute Gasteiger partial charge is 0.384 e. The lowest BCUT2D eigenvalue weighted by Gasteiger charge is -2.16. The van der Waals surface area contributed by atoms with Crippen LogP contribution in [0, 0.1) is 6.92 Å². The van der Waals surface area contributed by atoms with Crippen molar-refractivity contribution >= 4 is 23.1 Å². The summed E-state index contributed by atoms with van der Waals surface area (Å²) >= 11 is 1.54. The molecule has 2 rings (SSSR count). The number of hydrogen-bond acceptors (Lipinski definition) is 5. The molecule has 0 atom stereocenters. The fourth-order valence-corrected chi connectivity index (χ4v) is 2.36. The Kier molecular flexibility index (Phi) is 3.57. The summed E-state index contributed by atoms with van der Waals surface area (Å²) in [4.78, 5) is 23.0. The number of nitrogens with zero attached hydrogens (tertiary/aromatic N) is 3. The van der Waals surface area contributed by atoms with Crippen LogP contribution in [0.2, 0.25) is 0 Å². The average Bonchev–Trinajstić information content (AvgIpc) is 2.74. The molecule has 0 aliphatic heterocycles. The number of pyridine rings is 1.